The maximum Gasteiger partial charge on any atom is 0.306 e. The largest absolute Gasteiger partial charge is 0.462 e. The fourth-order valence-electron chi connectivity index (χ4n) is 7.80. The maximum absolute atomic E-state index is 13.2. The molecule has 0 saturated carbocycles. The third-order valence-electron chi connectivity index (χ3n) is 11.8. The number of carbonyl (C=O) groups is 2. The molecule has 0 saturated heterocycles. The molecule has 0 heterocycles. The average Bonchev–Trinajstić information content (AvgIpc) is 3.24. The molecule has 0 aliphatic heterocycles. The Labute approximate surface area is 372 Å². The second-order valence-electron chi connectivity index (χ2n) is 17.7. The van der Waals surface area contributed by atoms with Crippen LogP contribution < -0.4 is 5.32 Å². The molecule has 1 amide bonds. The van der Waals surface area contributed by atoms with E-state index in [2.05, 4.69) is 74.7 Å². The van der Waals surface area contributed by atoms with Crippen LogP contribution in [0.5, 0.6) is 0 Å². The summed E-state index contributed by atoms with van der Waals surface area (Å²) in [6.45, 7) is 6.43. The number of aliphatic hydroxyl groups is 2. The predicted molar refractivity (Wildman–Crippen MR) is 259 cm³/mol. The standard InChI is InChI=1S/C54H99NO5/c1-4-7-10-13-16-19-22-24-26-27-28-31-33-36-39-42-45-50(60-54(59)47-44-41-38-35-32-29-25-23-20-17-14-11-8-5-2)48-53(58)55-51(49-56)52(57)46-43-40-37-34-30-21-18-15-12-9-6-3/h16,19,22,24,26-28,31,50-52,56-57H,4-15,17-18,20-21,23,25,29-30,32-49H2,1-3H3,(H,55,58)/b19-16+,24-22+,27-26+,31-28+. The van der Waals surface area contributed by atoms with Gasteiger partial charge in [-0.3, -0.25) is 9.59 Å². The highest BCUT2D eigenvalue weighted by atomic mass is 16.5. The van der Waals surface area contributed by atoms with Crippen LogP contribution in [-0.4, -0.2) is 46.9 Å². The summed E-state index contributed by atoms with van der Waals surface area (Å²) in [6.07, 6.45) is 57.3. The minimum Gasteiger partial charge on any atom is -0.462 e. The number of amides is 1. The fourth-order valence-corrected chi connectivity index (χ4v) is 7.80. The molecule has 6 nitrogen and oxygen atoms in total. The number of carbonyl (C=O) groups excluding carboxylic acids is 2. The van der Waals surface area contributed by atoms with Gasteiger partial charge in [0.15, 0.2) is 0 Å². The molecule has 3 N–H and O–H groups in total. The van der Waals surface area contributed by atoms with Crippen molar-refractivity contribution in [3.63, 3.8) is 0 Å². The van der Waals surface area contributed by atoms with E-state index in [1.807, 2.05) is 0 Å². The number of unbranched alkanes of at least 4 members (excludes halogenated alkanes) is 29. The van der Waals surface area contributed by atoms with Crippen molar-refractivity contribution in [2.24, 2.45) is 0 Å². The smallest absolute Gasteiger partial charge is 0.306 e. The number of hydrogen-bond acceptors (Lipinski definition) is 5. The molecule has 6 heteroatoms. The van der Waals surface area contributed by atoms with E-state index in [1.165, 1.54) is 141 Å². The first-order valence-electron chi connectivity index (χ1n) is 25.9. The van der Waals surface area contributed by atoms with Gasteiger partial charge in [0.2, 0.25) is 5.91 Å². The van der Waals surface area contributed by atoms with Gasteiger partial charge < -0.3 is 20.3 Å². The second-order valence-corrected chi connectivity index (χ2v) is 17.7. The number of ether oxygens (including phenoxy) is 1. The molecular weight excluding hydrogens is 743 g/mol. The number of nitrogens with one attached hydrogen (secondary N) is 1. The van der Waals surface area contributed by atoms with E-state index in [-0.39, 0.29) is 24.9 Å². The van der Waals surface area contributed by atoms with Gasteiger partial charge in [-0.2, -0.15) is 0 Å². The lowest BCUT2D eigenvalue weighted by molar-refractivity contribution is -0.151. The lowest BCUT2D eigenvalue weighted by Crippen LogP contribution is -2.46. The maximum atomic E-state index is 13.2. The van der Waals surface area contributed by atoms with Gasteiger partial charge in [-0.25, -0.2) is 0 Å². The molecule has 0 rings (SSSR count). The van der Waals surface area contributed by atoms with Crippen molar-refractivity contribution in [3.05, 3.63) is 48.6 Å². The molecule has 0 aliphatic rings. The SMILES string of the molecule is CCCCC/C=C/C=C/C=C/C=C/CCCCCC(CC(=O)NC(CO)C(O)CCCCCCCCCCCCC)OC(=O)CCCCCCCCCCCCCCCC. The summed E-state index contributed by atoms with van der Waals surface area (Å²) in [5, 5.41) is 23.7. The average molecular weight is 842 g/mol. The normalized spacial score (nSPS) is 13.6. The lowest BCUT2D eigenvalue weighted by atomic mass is 10.0. The van der Waals surface area contributed by atoms with Crippen LogP contribution in [0.2, 0.25) is 0 Å². The van der Waals surface area contributed by atoms with E-state index in [0.717, 1.165) is 70.6 Å². The van der Waals surface area contributed by atoms with E-state index in [9.17, 15) is 19.8 Å². The van der Waals surface area contributed by atoms with Crippen LogP contribution in [0.4, 0.5) is 0 Å². The van der Waals surface area contributed by atoms with Crippen LogP contribution in [0.15, 0.2) is 48.6 Å². The first kappa shape index (κ1) is 57.8. The summed E-state index contributed by atoms with van der Waals surface area (Å²) in [6, 6.07) is -0.712. The highest BCUT2D eigenvalue weighted by molar-refractivity contribution is 5.77. The van der Waals surface area contributed by atoms with Gasteiger partial charge in [0, 0.05) is 6.42 Å². The topological polar surface area (TPSA) is 95.9 Å². The van der Waals surface area contributed by atoms with Crippen LogP contribution in [0.1, 0.15) is 258 Å². The zero-order chi connectivity index (χ0) is 43.8. The van der Waals surface area contributed by atoms with E-state index < -0.39 is 18.2 Å². The molecule has 0 radical (unpaired) electrons. The van der Waals surface area contributed by atoms with Crippen molar-refractivity contribution < 1.29 is 24.5 Å². The Morgan fingerprint density at radius 2 is 0.850 bits per heavy atom. The summed E-state index contributed by atoms with van der Waals surface area (Å²) < 4.78 is 5.92. The first-order chi connectivity index (χ1) is 29.5. The number of esters is 1. The van der Waals surface area contributed by atoms with Crippen LogP contribution in [-0.2, 0) is 14.3 Å². The van der Waals surface area contributed by atoms with Gasteiger partial charge in [0.1, 0.15) is 6.10 Å². The van der Waals surface area contributed by atoms with Gasteiger partial charge in [0.25, 0.3) is 0 Å². The molecule has 0 spiro atoms. The summed E-state index contributed by atoms with van der Waals surface area (Å²) >= 11 is 0. The molecule has 60 heavy (non-hydrogen) atoms. The first-order valence-corrected chi connectivity index (χ1v) is 25.9. The van der Waals surface area contributed by atoms with Crippen molar-refractivity contribution >= 4 is 11.9 Å². The van der Waals surface area contributed by atoms with Crippen LogP contribution >= 0.6 is 0 Å². The lowest BCUT2D eigenvalue weighted by Gasteiger charge is -2.24. The van der Waals surface area contributed by atoms with Gasteiger partial charge in [-0.1, -0.05) is 243 Å². The minimum atomic E-state index is -0.796. The third kappa shape index (κ3) is 42.5. The molecule has 0 aromatic heterocycles. The molecule has 3 unspecified atom stereocenters. The van der Waals surface area contributed by atoms with Gasteiger partial charge in [-0.05, 0) is 51.4 Å². The molecular formula is C54H99NO5. The van der Waals surface area contributed by atoms with Crippen molar-refractivity contribution in [2.45, 2.75) is 277 Å². The van der Waals surface area contributed by atoms with Crippen molar-refractivity contribution in [2.75, 3.05) is 6.61 Å². The summed E-state index contributed by atoms with van der Waals surface area (Å²) in [7, 11) is 0. The van der Waals surface area contributed by atoms with E-state index in [1.54, 1.807) is 0 Å². The Balaban J connectivity index is 4.67. The third-order valence-corrected chi connectivity index (χ3v) is 11.8. The van der Waals surface area contributed by atoms with Crippen LogP contribution in [0.25, 0.3) is 0 Å². The predicted octanol–water partition coefficient (Wildman–Crippen LogP) is 15.5. The van der Waals surface area contributed by atoms with E-state index in [4.69, 9.17) is 4.74 Å². The molecule has 0 fully saturated rings. The number of rotatable bonds is 46. The minimum absolute atomic E-state index is 0.0539. The van der Waals surface area contributed by atoms with Crippen molar-refractivity contribution in [3.8, 4) is 0 Å². The quantitative estimate of drug-likeness (QED) is 0.0322. The fraction of sp³-hybridized carbons (Fsp3) is 0.815. The monoisotopic (exact) mass is 842 g/mol. The molecule has 0 bridgehead atoms. The Kier molecular flexibility index (Phi) is 46.1. The van der Waals surface area contributed by atoms with Crippen molar-refractivity contribution in [1.29, 1.82) is 0 Å². The van der Waals surface area contributed by atoms with Crippen LogP contribution in [0.3, 0.4) is 0 Å². The summed E-state index contributed by atoms with van der Waals surface area (Å²) in [4.78, 5) is 26.1. The Hall–Kier alpha value is -2.18. The van der Waals surface area contributed by atoms with E-state index in [0.29, 0.717) is 19.3 Å². The Morgan fingerprint density at radius 3 is 1.32 bits per heavy atom. The molecule has 0 aromatic rings. The number of aliphatic hydroxyl groups excluding tert-OH is 2. The second kappa shape index (κ2) is 47.9. The molecule has 3 atom stereocenters. The van der Waals surface area contributed by atoms with Gasteiger partial charge in [0.05, 0.1) is 25.2 Å². The summed E-state index contributed by atoms with van der Waals surface area (Å²) in [5.41, 5.74) is 0. The van der Waals surface area contributed by atoms with Gasteiger partial charge in [-0.15, -0.1) is 0 Å². The summed E-state index contributed by atoms with van der Waals surface area (Å²) in [5.74, 6) is -0.505. The molecule has 0 aliphatic carbocycles. The molecule has 0 aromatic carbocycles. The molecule has 350 valence electrons. The zero-order valence-electron chi connectivity index (χ0n) is 39.8. The number of hydrogen-bond donors (Lipinski definition) is 3. The highest BCUT2D eigenvalue weighted by Crippen LogP contribution is 2.18. The van der Waals surface area contributed by atoms with E-state index >= 15 is 0 Å². The Bertz CT molecular complexity index is 1040. The van der Waals surface area contributed by atoms with Crippen LogP contribution in [0, 0.1) is 0 Å². The number of allylic oxidation sites excluding steroid dienone is 8. The highest BCUT2D eigenvalue weighted by Gasteiger charge is 2.24. The van der Waals surface area contributed by atoms with Gasteiger partial charge >= 0.3 is 5.97 Å². The Morgan fingerprint density at radius 1 is 0.483 bits per heavy atom. The van der Waals surface area contributed by atoms with Crippen molar-refractivity contribution in [1.82, 2.24) is 5.32 Å². The zero-order valence-corrected chi connectivity index (χ0v) is 39.8.